The van der Waals surface area contributed by atoms with Gasteiger partial charge in [-0.25, -0.2) is 8.78 Å². The van der Waals surface area contributed by atoms with E-state index in [4.69, 9.17) is 0 Å². The molecule has 0 bridgehead atoms. The normalized spacial score (nSPS) is 31.1. The zero-order valence-electron chi connectivity index (χ0n) is 11.6. The van der Waals surface area contributed by atoms with E-state index in [-0.39, 0.29) is 11.5 Å². The van der Waals surface area contributed by atoms with Gasteiger partial charge in [-0.15, -0.1) is 0 Å². The summed E-state index contributed by atoms with van der Waals surface area (Å²) in [5.41, 5.74) is -0.392. The molecule has 0 amide bonds. The molecule has 20 heavy (non-hydrogen) atoms. The van der Waals surface area contributed by atoms with Crippen molar-refractivity contribution in [2.24, 2.45) is 5.92 Å². The summed E-state index contributed by atoms with van der Waals surface area (Å²) >= 11 is 0. The molecule has 1 aliphatic carbocycles. The summed E-state index contributed by atoms with van der Waals surface area (Å²) in [4.78, 5) is 2.08. The maximum Gasteiger partial charge on any atom is 0.130 e. The van der Waals surface area contributed by atoms with Crippen LogP contribution in [0.15, 0.2) is 18.2 Å². The minimum absolute atomic E-state index is 0.147. The van der Waals surface area contributed by atoms with Crippen molar-refractivity contribution in [3.05, 3.63) is 35.4 Å². The van der Waals surface area contributed by atoms with Crippen LogP contribution in [0.25, 0.3) is 0 Å². The molecule has 2 unspecified atom stereocenters. The summed E-state index contributed by atoms with van der Waals surface area (Å²) in [5.74, 6) is -0.705. The third kappa shape index (κ3) is 2.59. The van der Waals surface area contributed by atoms with Crippen molar-refractivity contribution in [1.82, 2.24) is 4.90 Å². The van der Waals surface area contributed by atoms with Crippen molar-refractivity contribution < 1.29 is 13.9 Å². The summed E-state index contributed by atoms with van der Waals surface area (Å²) in [5, 5.41) is 10.6. The van der Waals surface area contributed by atoms with Gasteiger partial charge < -0.3 is 5.11 Å². The Morgan fingerprint density at radius 3 is 2.70 bits per heavy atom. The van der Waals surface area contributed by atoms with Crippen LogP contribution in [0.2, 0.25) is 0 Å². The largest absolute Gasteiger partial charge is 0.390 e. The number of piperidine rings is 1. The van der Waals surface area contributed by atoms with Crippen LogP contribution in [-0.2, 0) is 6.54 Å². The molecular formula is C16H21F2NO. The highest BCUT2D eigenvalue weighted by Crippen LogP contribution is 2.40. The first-order valence-electron chi connectivity index (χ1n) is 7.46. The van der Waals surface area contributed by atoms with E-state index >= 15 is 0 Å². The van der Waals surface area contributed by atoms with Crippen molar-refractivity contribution in [3.8, 4) is 0 Å². The van der Waals surface area contributed by atoms with Gasteiger partial charge in [0.05, 0.1) is 5.60 Å². The molecule has 1 aliphatic heterocycles. The first kappa shape index (κ1) is 14.0. The summed E-state index contributed by atoms with van der Waals surface area (Å²) in [6, 6.07) is 4.00. The van der Waals surface area contributed by atoms with Gasteiger partial charge >= 0.3 is 0 Å². The van der Waals surface area contributed by atoms with E-state index < -0.39 is 17.2 Å². The van der Waals surface area contributed by atoms with Crippen molar-refractivity contribution >= 4 is 0 Å². The number of benzene rings is 1. The standard InChI is InChI=1S/C16H21F2NO/c17-14-5-3-6-15(18)13(14)11-19-9-8-16(20)7-2-1-4-12(16)10-19/h3,5-6,12,20H,1-2,4,7-11H2. The number of aliphatic hydroxyl groups is 1. The second-order valence-corrected chi connectivity index (χ2v) is 6.23. The lowest BCUT2D eigenvalue weighted by atomic mass is 9.71. The Balaban J connectivity index is 1.71. The van der Waals surface area contributed by atoms with Gasteiger partial charge in [-0.2, -0.15) is 0 Å². The molecule has 2 aliphatic rings. The Morgan fingerprint density at radius 2 is 1.95 bits per heavy atom. The molecule has 110 valence electrons. The minimum atomic E-state index is -0.539. The molecule has 1 aromatic rings. The van der Waals surface area contributed by atoms with E-state index in [1.807, 2.05) is 0 Å². The van der Waals surface area contributed by atoms with Crippen LogP contribution in [-0.4, -0.2) is 28.7 Å². The van der Waals surface area contributed by atoms with Gasteiger partial charge in [-0.05, 0) is 31.4 Å². The summed E-state index contributed by atoms with van der Waals surface area (Å²) < 4.78 is 27.4. The second-order valence-electron chi connectivity index (χ2n) is 6.23. The topological polar surface area (TPSA) is 23.5 Å². The number of fused-ring (bicyclic) bond motifs is 1. The Morgan fingerprint density at radius 1 is 1.20 bits per heavy atom. The first-order chi connectivity index (χ1) is 9.58. The van der Waals surface area contributed by atoms with Gasteiger partial charge in [0.15, 0.2) is 0 Å². The average Bonchev–Trinajstić information content (AvgIpc) is 2.43. The Bertz CT molecular complexity index is 473. The van der Waals surface area contributed by atoms with Gasteiger partial charge in [0.1, 0.15) is 11.6 Å². The van der Waals surface area contributed by atoms with Gasteiger partial charge in [-0.3, -0.25) is 4.90 Å². The lowest BCUT2D eigenvalue weighted by molar-refractivity contribution is -0.0970. The fourth-order valence-corrected chi connectivity index (χ4v) is 3.69. The van der Waals surface area contributed by atoms with Crippen LogP contribution >= 0.6 is 0 Å². The van der Waals surface area contributed by atoms with Gasteiger partial charge in [-0.1, -0.05) is 18.9 Å². The zero-order valence-corrected chi connectivity index (χ0v) is 11.6. The van der Waals surface area contributed by atoms with Gasteiger partial charge in [0.25, 0.3) is 0 Å². The molecule has 2 nitrogen and oxygen atoms in total. The van der Waals surface area contributed by atoms with Crippen LogP contribution in [0.5, 0.6) is 0 Å². The molecule has 1 aromatic carbocycles. The third-order valence-electron chi connectivity index (χ3n) is 4.96. The molecule has 0 aromatic heterocycles. The van der Waals surface area contributed by atoms with E-state index in [2.05, 4.69) is 4.90 Å². The average molecular weight is 281 g/mol. The Labute approximate surface area is 118 Å². The molecule has 1 saturated heterocycles. The van der Waals surface area contributed by atoms with E-state index in [1.165, 1.54) is 18.2 Å². The number of halogens is 2. The maximum atomic E-state index is 13.7. The predicted molar refractivity (Wildman–Crippen MR) is 73.2 cm³/mol. The highest BCUT2D eigenvalue weighted by molar-refractivity contribution is 5.19. The monoisotopic (exact) mass is 281 g/mol. The fraction of sp³-hybridized carbons (Fsp3) is 0.625. The number of rotatable bonds is 2. The highest BCUT2D eigenvalue weighted by Gasteiger charge is 2.42. The maximum absolute atomic E-state index is 13.7. The first-order valence-corrected chi connectivity index (χ1v) is 7.46. The molecule has 2 fully saturated rings. The van der Waals surface area contributed by atoms with Crippen LogP contribution in [0, 0.1) is 17.6 Å². The molecule has 0 spiro atoms. The second kappa shape index (κ2) is 5.41. The number of likely N-dealkylation sites (tertiary alicyclic amines) is 1. The molecular weight excluding hydrogens is 260 g/mol. The number of hydrogen-bond acceptors (Lipinski definition) is 2. The van der Waals surface area contributed by atoms with E-state index in [1.54, 1.807) is 0 Å². The van der Waals surface area contributed by atoms with E-state index in [9.17, 15) is 13.9 Å². The van der Waals surface area contributed by atoms with Gasteiger partial charge in [0.2, 0.25) is 0 Å². The Kier molecular flexibility index (Phi) is 3.78. The minimum Gasteiger partial charge on any atom is -0.390 e. The van der Waals surface area contributed by atoms with E-state index in [0.717, 1.165) is 32.2 Å². The number of hydrogen-bond donors (Lipinski definition) is 1. The van der Waals surface area contributed by atoms with Crippen molar-refractivity contribution in [2.45, 2.75) is 44.2 Å². The quantitative estimate of drug-likeness (QED) is 0.900. The molecule has 2 atom stereocenters. The van der Waals surface area contributed by atoms with Crippen LogP contribution < -0.4 is 0 Å². The molecule has 3 rings (SSSR count). The predicted octanol–water partition coefficient (Wildman–Crippen LogP) is 3.09. The molecule has 4 heteroatoms. The summed E-state index contributed by atoms with van der Waals surface area (Å²) in [7, 11) is 0. The lowest BCUT2D eigenvalue weighted by Crippen LogP contribution is -2.53. The van der Waals surface area contributed by atoms with Gasteiger partial charge in [0, 0.05) is 31.1 Å². The van der Waals surface area contributed by atoms with E-state index in [0.29, 0.717) is 19.5 Å². The van der Waals surface area contributed by atoms with Crippen molar-refractivity contribution in [2.75, 3.05) is 13.1 Å². The molecule has 1 N–H and O–H groups in total. The smallest absolute Gasteiger partial charge is 0.130 e. The lowest BCUT2D eigenvalue weighted by Gasteiger charge is -2.47. The summed E-state index contributed by atoms with van der Waals surface area (Å²) in [6.45, 7) is 1.75. The van der Waals surface area contributed by atoms with Crippen LogP contribution in [0.4, 0.5) is 8.78 Å². The van der Waals surface area contributed by atoms with Crippen LogP contribution in [0.3, 0.4) is 0 Å². The SMILES string of the molecule is OC12CCCCC1CN(Cc1c(F)cccc1F)CC2. The zero-order chi connectivity index (χ0) is 14.2. The highest BCUT2D eigenvalue weighted by atomic mass is 19.1. The number of nitrogens with zero attached hydrogens (tertiary/aromatic N) is 1. The van der Waals surface area contributed by atoms with Crippen LogP contribution in [0.1, 0.15) is 37.7 Å². The fourth-order valence-electron chi connectivity index (χ4n) is 3.69. The third-order valence-corrected chi connectivity index (χ3v) is 4.96. The van der Waals surface area contributed by atoms with Crippen molar-refractivity contribution in [1.29, 1.82) is 0 Å². The molecule has 1 saturated carbocycles. The molecule has 1 heterocycles. The molecule has 0 radical (unpaired) electrons. The summed E-state index contributed by atoms with van der Waals surface area (Å²) in [6.07, 6.45) is 4.85. The Hall–Kier alpha value is -1.00. The van der Waals surface area contributed by atoms with Crippen molar-refractivity contribution in [3.63, 3.8) is 0 Å².